The van der Waals surface area contributed by atoms with Crippen LogP contribution in [0, 0.1) is 0 Å². The van der Waals surface area contributed by atoms with Crippen LogP contribution in [0.4, 0.5) is 17.1 Å². The van der Waals surface area contributed by atoms with Crippen molar-refractivity contribution in [3.05, 3.63) is 151 Å². The van der Waals surface area contributed by atoms with E-state index in [9.17, 15) is 0 Å². The highest BCUT2D eigenvalue weighted by atomic mass is 16.3. The molecule has 0 N–H and O–H groups in total. The van der Waals surface area contributed by atoms with Crippen LogP contribution in [0.3, 0.4) is 0 Å². The molecule has 1 heterocycles. The molecule has 8 rings (SSSR count). The lowest BCUT2D eigenvalue weighted by Crippen LogP contribution is -2.15. The fraction of sp³-hybridized carbons (Fsp3) is 0.0769. The molecule has 0 bridgehead atoms. The maximum Gasteiger partial charge on any atom is 0.159 e. The van der Waals surface area contributed by atoms with Gasteiger partial charge in [-0.05, 0) is 69.8 Å². The van der Waals surface area contributed by atoms with Crippen molar-refractivity contribution in [2.45, 2.75) is 19.3 Å². The lowest BCUT2D eigenvalue weighted by atomic mass is 9.82. The monoisotopic (exact) mass is 527 g/mol. The van der Waals surface area contributed by atoms with Crippen molar-refractivity contribution in [3.63, 3.8) is 0 Å². The zero-order valence-electron chi connectivity index (χ0n) is 23.1. The predicted octanol–water partition coefficient (Wildman–Crippen LogP) is 11.0. The minimum atomic E-state index is -0.0929. The summed E-state index contributed by atoms with van der Waals surface area (Å²) in [5.74, 6) is 0. The van der Waals surface area contributed by atoms with Gasteiger partial charge in [-0.25, -0.2) is 0 Å². The molecule has 0 spiro atoms. The lowest BCUT2D eigenvalue weighted by Gasteiger charge is -2.27. The number of benzene rings is 6. The summed E-state index contributed by atoms with van der Waals surface area (Å²) in [6.07, 6.45) is 0. The zero-order chi connectivity index (χ0) is 27.6. The van der Waals surface area contributed by atoms with Crippen molar-refractivity contribution < 1.29 is 4.42 Å². The first kappa shape index (κ1) is 23.8. The van der Waals surface area contributed by atoms with Crippen LogP contribution < -0.4 is 4.90 Å². The highest BCUT2D eigenvalue weighted by Crippen LogP contribution is 2.54. The number of hydrogen-bond donors (Lipinski definition) is 0. The molecule has 0 aliphatic heterocycles. The highest BCUT2D eigenvalue weighted by molar-refractivity contribution is 6.10. The molecule has 0 radical (unpaired) electrons. The molecular formula is C39H29NO. The van der Waals surface area contributed by atoms with E-state index in [1.165, 1.54) is 33.4 Å². The third kappa shape index (κ3) is 3.57. The largest absolute Gasteiger partial charge is 0.454 e. The predicted molar refractivity (Wildman–Crippen MR) is 171 cm³/mol. The molecule has 6 aromatic carbocycles. The summed E-state index contributed by atoms with van der Waals surface area (Å²) < 4.78 is 6.52. The van der Waals surface area contributed by atoms with Crippen molar-refractivity contribution in [2.24, 2.45) is 0 Å². The maximum atomic E-state index is 6.52. The lowest BCUT2D eigenvalue weighted by molar-refractivity contribution is 0.660. The van der Waals surface area contributed by atoms with Crippen molar-refractivity contribution in [3.8, 4) is 22.3 Å². The molecule has 0 atom stereocenters. The van der Waals surface area contributed by atoms with Gasteiger partial charge in [0.25, 0.3) is 0 Å². The zero-order valence-corrected chi connectivity index (χ0v) is 23.1. The second kappa shape index (κ2) is 8.97. The smallest absolute Gasteiger partial charge is 0.159 e. The Balaban J connectivity index is 1.39. The van der Waals surface area contributed by atoms with Gasteiger partial charge in [0, 0.05) is 27.6 Å². The van der Waals surface area contributed by atoms with Crippen LogP contribution in [0.2, 0.25) is 0 Å². The molecule has 1 aliphatic carbocycles. The minimum absolute atomic E-state index is 0.0929. The Morgan fingerprint density at radius 1 is 0.537 bits per heavy atom. The Kier molecular flexibility index (Phi) is 5.20. The van der Waals surface area contributed by atoms with E-state index < -0.39 is 0 Å². The number of nitrogens with zero attached hydrogens (tertiary/aromatic N) is 1. The molecular weight excluding hydrogens is 498 g/mol. The SMILES string of the molecule is CC1(C)c2ccc(N(c3ccccc3)c3cccc4c3oc3ccccc34)cc2-c2c(-c3ccccc3)cccc21. The third-order valence-electron chi connectivity index (χ3n) is 8.67. The van der Waals surface area contributed by atoms with E-state index in [0.29, 0.717) is 0 Å². The van der Waals surface area contributed by atoms with Crippen LogP contribution in [0.25, 0.3) is 44.2 Å². The minimum Gasteiger partial charge on any atom is -0.454 e. The Hall–Kier alpha value is -5.08. The quantitative estimate of drug-likeness (QED) is 0.226. The van der Waals surface area contributed by atoms with Crippen molar-refractivity contribution in [1.29, 1.82) is 0 Å². The van der Waals surface area contributed by atoms with Crippen molar-refractivity contribution in [1.82, 2.24) is 0 Å². The summed E-state index contributed by atoms with van der Waals surface area (Å²) in [6, 6.07) is 49.8. The number of para-hydroxylation sites is 3. The number of fused-ring (bicyclic) bond motifs is 6. The molecule has 1 aromatic heterocycles. The average molecular weight is 528 g/mol. The summed E-state index contributed by atoms with van der Waals surface area (Å²) in [5.41, 5.74) is 12.8. The van der Waals surface area contributed by atoms with E-state index in [1.807, 2.05) is 12.1 Å². The van der Waals surface area contributed by atoms with Gasteiger partial charge in [0.05, 0.1) is 5.69 Å². The highest BCUT2D eigenvalue weighted by Gasteiger charge is 2.37. The van der Waals surface area contributed by atoms with E-state index in [0.717, 1.165) is 39.0 Å². The fourth-order valence-electron chi connectivity index (χ4n) is 6.70. The van der Waals surface area contributed by atoms with Crippen LogP contribution in [-0.4, -0.2) is 0 Å². The molecule has 0 amide bonds. The first-order chi connectivity index (χ1) is 20.1. The molecule has 196 valence electrons. The number of hydrogen-bond acceptors (Lipinski definition) is 2. The van der Waals surface area contributed by atoms with Gasteiger partial charge in [-0.3, -0.25) is 0 Å². The second-order valence-corrected chi connectivity index (χ2v) is 11.4. The van der Waals surface area contributed by atoms with Crippen LogP contribution in [0.1, 0.15) is 25.0 Å². The normalized spacial score (nSPS) is 13.3. The Morgan fingerprint density at radius 2 is 1.24 bits per heavy atom. The number of anilines is 3. The number of rotatable bonds is 4. The maximum absolute atomic E-state index is 6.52. The van der Waals surface area contributed by atoms with Gasteiger partial charge < -0.3 is 9.32 Å². The van der Waals surface area contributed by atoms with Crippen LogP contribution >= 0.6 is 0 Å². The number of furan rings is 1. The van der Waals surface area contributed by atoms with Gasteiger partial charge in [-0.15, -0.1) is 0 Å². The van der Waals surface area contributed by atoms with Gasteiger partial charge in [0.2, 0.25) is 0 Å². The first-order valence-corrected chi connectivity index (χ1v) is 14.2. The Labute approximate surface area is 240 Å². The standard InChI is InChI=1S/C39H29NO/c1-39(2)33-24-23-28(25-32(33)37-29(18-11-20-34(37)39)26-13-5-3-6-14-26)40(27-15-7-4-8-16-27)35-21-12-19-31-30-17-9-10-22-36(30)41-38(31)35/h3-25H,1-2H3. The Morgan fingerprint density at radius 3 is 2.07 bits per heavy atom. The summed E-state index contributed by atoms with van der Waals surface area (Å²) in [7, 11) is 0. The van der Waals surface area contributed by atoms with Crippen molar-refractivity contribution >= 4 is 39.0 Å². The van der Waals surface area contributed by atoms with Crippen molar-refractivity contribution in [2.75, 3.05) is 4.90 Å². The molecule has 7 aromatic rings. The van der Waals surface area contributed by atoms with Gasteiger partial charge in [0.1, 0.15) is 5.58 Å². The molecule has 0 fully saturated rings. The van der Waals surface area contributed by atoms with Crippen LogP contribution in [-0.2, 0) is 5.41 Å². The summed E-state index contributed by atoms with van der Waals surface area (Å²) in [6.45, 7) is 4.69. The average Bonchev–Trinajstić information content (AvgIpc) is 3.51. The molecule has 1 aliphatic rings. The summed E-state index contributed by atoms with van der Waals surface area (Å²) in [5, 5.41) is 2.26. The van der Waals surface area contributed by atoms with E-state index in [-0.39, 0.29) is 5.41 Å². The fourth-order valence-corrected chi connectivity index (χ4v) is 6.70. The van der Waals surface area contributed by atoms with Crippen LogP contribution in [0.5, 0.6) is 0 Å². The second-order valence-electron chi connectivity index (χ2n) is 11.4. The van der Waals surface area contributed by atoms with Gasteiger partial charge in [-0.1, -0.05) is 117 Å². The summed E-state index contributed by atoms with van der Waals surface area (Å²) in [4.78, 5) is 2.33. The van der Waals surface area contributed by atoms with Crippen LogP contribution in [0.15, 0.2) is 144 Å². The van der Waals surface area contributed by atoms with Gasteiger partial charge >= 0.3 is 0 Å². The molecule has 2 heteroatoms. The Bertz CT molecular complexity index is 2070. The van der Waals surface area contributed by atoms with Gasteiger partial charge in [0.15, 0.2) is 5.58 Å². The van der Waals surface area contributed by atoms with E-state index in [4.69, 9.17) is 4.42 Å². The molecule has 0 unspecified atom stereocenters. The molecule has 2 nitrogen and oxygen atoms in total. The van der Waals surface area contributed by atoms with Gasteiger partial charge in [-0.2, -0.15) is 0 Å². The molecule has 0 saturated carbocycles. The van der Waals surface area contributed by atoms with E-state index in [1.54, 1.807) is 0 Å². The summed E-state index contributed by atoms with van der Waals surface area (Å²) >= 11 is 0. The van der Waals surface area contributed by atoms with E-state index in [2.05, 4.69) is 146 Å². The molecule has 0 saturated heterocycles. The molecule has 41 heavy (non-hydrogen) atoms. The topological polar surface area (TPSA) is 16.4 Å². The first-order valence-electron chi connectivity index (χ1n) is 14.2. The third-order valence-corrected chi connectivity index (χ3v) is 8.67. The van der Waals surface area contributed by atoms with E-state index >= 15 is 0 Å².